The fourth-order valence-corrected chi connectivity index (χ4v) is 3.13. The highest BCUT2D eigenvalue weighted by Gasteiger charge is 2.25. The lowest BCUT2D eigenvalue weighted by Gasteiger charge is -2.25. The van der Waals surface area contributed by atoms with Crippen LogP contribution in [0.1, 0.15) is 70.3 Å². The number of amides is 1. The van der Waals surface area contributed by atoms with Crippen molar-refractivity contribution in [1.82, 2.24) is 5.32 Å². The number of aromatic hydroxyl groups is 1. The Hall–Kier alpha value is -1.71. The predicted octanol–water partition coefficient (Wildman–Crippen LogP) is 4.34. The van der Waals surface area contributed by atoms with Gasteiger partial charge in [-0.05, 0) is 30.9 Å². The van der Waals surface area contributed by atoms with Gasteiger partial charge in [-0.2, -0.15) is 0 Å². The molecule has 24 heavy (non-hydrogen) atoms. The molecule has 4 heteroatoms. The van der Waals surface area contributed by atoms with E-state index in [2.05, 4.69) is 12.2 Å². The van der Waals surface area contributed by atoms with Crippen molar-refractivity contribution in [3.8, 4) is 11.5 Å². The highest BCUT2D eigenvalue weighted by Crippen LogP contribution is 2.30. The van der Waals surface area contributed by atoms with Crippen LogP contribution in [0.15, 0.2) is 18.2 Å². The van der Waals surface area contributed by atoms with E-state index in [-0.39, 0.29) is 11.7 Å². The molecule has 1 unspecified atom stereocenters. The van der Waals surface area contributed by atoms with Gasteiger partial charge in [-0.3, -0.25) is 4.79 Å². The van der Waals surface area contributed by atoms with Crippen LogP contribution in [0.25, 0.3) is 0 Å². The lowest BCUT2D eigenvalue weighted by atomic mass is 10.0. The molecule has 0 saturated carbocycles. The highest BCUT2D eigenvalue weighted by molar-refractivity contribution is 5.81. The number of nitrogens with one attached hydrogen (secondary N) is 1. The number of hydrogen-bond acceptors (Lipinski definition) is 3. The molecule has 0 aromatic heterocycles. The molecule has 0 spiro atoms. The van der Waals surface area contributed by atoms with Gasteiger partial charge in [0.2, 0.25) is 0 Å². The number of ether oxygens (including phenoxy) is 1. The molecule has 134 valence electrons. The number of unbranched alkanes of at least 4 members (excludes halogenated alkanes) is 7. The SMILES string of the molecule is CCCCCCCCCCNC(=O)C1CCc2ccc(O)cc2O1. The van der Waals surface area contributed by atoms with Crippen LogP contribution in [0, 0.1) is 0 Å². The molecule has 4 nitrogen and oxygen atoms in total. The zero-order valence-electron chi connectivity index (χ0n) is 14.9. The van der Waals surface area contributed by atoms with Crippen LogP contribution in [-0.4, -0.2) is 23.7 Å². The zero-order chi connectivity index (χ0) is 17.2. The predicted molar refractivity (Wildman–Crippen MR) is 96.5 cm³/mol. The number of benzene rings is 1. The summed E-state index contributed by atoms with van der Waals surface area (Å²) in [5, 5.41) is 12.5. The third-order valence-corrected chi connectivity index (χ3v) is 4.62. The van der Waals surface area contributed by atoms with Gasteiger partial charge in [0, 0.05) is 12.6 Å². The number of rotatable bonds is 10. The number of hydrogen-bond donors (Lipinski definition) is 2. The minimum absolute atomic E-state index is 0.0352. The molecule has 2 N–H and O–H groups in total. The van der Waals surface area contributed by atoms with Crippen molar-refractivity contribution in [3.05, 3.63) is 23.8 Å². The van der Waals surface area contributed by atoms with Crippen molar-refractivity contribution in [1.29, 1.82) is 0 Å². The number of carbonyl (C=O) groups is 1. The molecular formula is C20H31NO3. The molecule has 0 aliphatic carbocycles. The molecule has 1 atom stereocenters. The number of carbonyl (C=O) groups excluding carboxylic acids is 1. The summed E-state index contributed by atoms with van der Waals surface area (Å²) in [4.78, 5) is 12.2. The first kappa shape index (κ1) is 18.6. The first-order valence-corrected chi connectivity index (χ1v) is 9.47. The maximum Gasteiger partial charge on any atom is 0.261 e. The Morgan fingerprint density at radius 1 is 1.17 bits per heavy atom. The third-order valence-electron chi connectivity index (χ3n) is 4.62. The second-order valence-corrected chi connectivity index (χ2v) is 6.70. The zero-order valence-corrected chi connectivity index (χ0v) is 14.9. The lowest BCUT2D eigenvalue weighted by molar-refractivity contribution is -0.128. The average molecular weight is 333 g/mol. The quantitative estimate of drug-likeness (QED) is 0.626. The molecular weight excluding hydrogens is 302 g/mol. The van der Waals surface area contributed by atoms with Crippen molar-refractivity contribution in [2.75, 3.05) is 6.54 Å². The molecule has 0 radical (unpaired) electrons. The van der Waals surface area contributed by atoms with E-state index in [9.17, 15) is 9.90 Å². The Kier molecular flexibility index (Phi) is 7.93. The monoisotopic (exact) mass is 333 g/mol. The second kappa shape index (κ2) is 10.2. The summed E-state index contributed by atoms with van der Waals surface area (Å²) in [6.45, 7) is 2.96. The molecule has 0 saturated heterocycles. The lowest BCUT2D eigenvalue weighted by Crippen LogP contribution is -2.40. The topological polar surface area (TPSA) is 58.6 Å². The minimum Gasteiger partial charge on any atom is -0.508 e. The van der Waals surface area contributed by atoms with Crippen LogP contribution in [0.4, 0.5) is 0 Å². The van der Waals surface area contributed by atoms with Gasteiger partial charge in [-0.15, -0.1) is 0 Å². The van der Waals surface area contributed by atoms with E-state index < -0.39 is 6.10 Å². The summed E-state index contributed by atoms with van der Waals surface area (Å²) in [7, 11) is 0. The van der Waals surface area contributed by atoms with E-state index in [1.807, 2.05) is 6.07 Å². The largest absolute Gasteiger partial charge is 0.508 e. The summed E-state index contributed by atoms with van der Waals surface area (Å²) < 4.78 is 5.74. The second-order valence-electron chi connectivity index (χ2n) is 6.70. The van der Waals surface area contributed by atoms with Gasteiger partial charge in [0.05, 0.1) is 0 Å². The Morgan fingerprint density at radius 2 is 1.88 bits per heavy atom. The summed E-state index contributed by atoms with van der Waals surface area (Å²) in [5.74, 6) is 0.772. The molecule has 1 aromatic carbocycles. The smallest absolute Gasteiger partial charge is 0.261 e. The standard InChI is InChI=1S/C20H31NO3/c1-2-3-4-5-6-7-8-9-14-21-20(23)18-13-11-16-10-12-17(22)15-19(16)24-18/h10,12,15,18,22H,2-9,11,13-14H2,1H3,(H,21,23). The van der Waals surface area contributed by atoms with Crippen molar-refractivity contribution >= 4 is 5.91 Å². The van der Waals surface area contributed by atoms with Crippen LogP contribution < -0.4 is 10.1 Å². The summed E-state index contributed by atoms with van der Waals surface area (Å²) in [6, 6.07) is 5.11. The number of phenols is 1. The van der Waals surface area contributed by atoms with Crippen LogP contribution >= 0.6 is 0 Å². The van der Waals surface area contributed by atoms with Crippen molar-refractivity contribution in [2.45, 2.75) is 77.2 Å². The Labute approximate surface area is 145 Å². The van der Waals surface area contributed by atoms with E-state index in [0.29, 0.717) is 12.2 Å². The van der Waals surface area contributed by atoms with Crippen LogP contribution in [0.5, 0.6) is 11.5 Å². The molecule has 1 aliphatic heterocycles. The van der Waals surface area contributed by atoms with Gasteiger partial charge < -0.3 is 15.2 Å². The molecule has 1 heterocycles. The molecule has 1 amide bonds. The van der Waals surface area contributed by atoms with E-state index in [1.54, 1.807) is 12.1 Å². The van der Waals surface area contributed by atoms with Gasteiger partial charge in [0.15, 0.2) is 6.10 Å². The fourth-order valence-electron chi connectivity index (χ4n) is 3.13. The third kappa shape index (κ3) is 6.06. The molecule has 1 aliphatic rings. The van der Waals surface area contributed by atoms with Crippen molar-refractivity contribution < 1.29 is 14.6 Å². The molecule has 1 aromatic rings. The van der Waals surface area contributed by atoms with Gasteiger partial charge >= 0.3 is 0 Å². The number of fused-ring (bicyclic) bond motifs is 1. The van der Waals surface area contributed by atoms with Crippen LogP contribution in [-0.2, 0) is 11.2 Å². The number of phenolic OH excluding ortho intramolecular Hbond substituents is 1. The first-order valence-electron chi connectivity index (χ1n) is 9.47. The summed E-state index contributed by atoms with van der Waals surface area (Å²) >= 11 is 0. The first-order chi connectivity index (χ1) is 11.7. The maximum atomic E-state index is 12.2. The van der Waals surface area contributed by atoms with E-state index in [4.69, 9.17) is 4.74 Å². The van der Waals surface area contributed by atoms with Crippen LogP contribution in [0.3, 0.4) is 0 Å². The van der Waals surface area contributed by atoms with Crippen molar-refractivity contribution in [3.63, 3.8) is 0 Å². The van der Waals surface area contributed by atoms with Gasteiger partial charge in [-0.1, -0.05) is 57.9 Å². The van der Waals surface area contributed by atoms with Gasteiger partial charge in [0.1, 0.15) is 11.5 Å². The molecule has 0 fully saturated rings. The van der Waals surface area contributed by atoms with Gasteiger partial charge in [0.25, 0.3) is 5.91 Å². The van der Waals surface area contributed by atoms with E-state index in [1.165, 1.54) is 44.9 Å². The summed E-state index contributed by atoms with van der Waals surface area (Å²) in [5.41, 5.74) is 1.06. The molecule has 2 rings (SSSR count). The maximum absolute atomic E-state index is 12.2. The Balaban J connectivity index is 1.58. The Morgan fingerprint density at radius 3 is 2.62 bits per heavy atom. The summed E-state index contributed by atoms with van der Waals surface area (Å²) in [6.07, 6.45) is 11.2. The fraction of sp³-hybridized carbons (Fsp3) is 0.650. The Bertz CT molecular complexity index is 516. The van der Waals surface area contributed by atoms with E-state index in [0.717, 1.165) is 24.9 Å². The minimum atomic E-state index is -0.437. The normalized spacial score (nSPS) is 16.3. The number of aryl methyl sites for hydroxylation is 1. The highest BCUT2D eigenvalue weighted by atomic mass is 16.5. The van der Waals surface area contributed by atoms with E-state index >= 15 is 0 Å². The average Bonchev–Trinajstić information content (AvgIpc) is 2.59. The van der Waals surface area contributed by atoms with Crippen molar-refractivity contribution in [2.24, 2.45) is 0 Å². The van der Waals surface area contributed by atoms with Gasteiger partial charge in [-0.25, -0.2) is 0 Å². The van der Waals surface area contributed by atoms with Crippen LogP contribution in [0.2, 0.25) is 0 Å². The molecule has 0 bridgehead atoms.